The van der Waals surface area contributed by atoms with Crippen molar-refractivity contribution in [2.75, 3.05) is 14.1 Å². The molecule has 5 nitrogen and oxygen atoms in total. The van der Waals surface area contributed by atoms with Crippen LogP contribution in [-0.4, -0.2) is 34.7 Å². The number of carbonyl (C=O) groups excluding carboxylic acids is 1. The van der Waals surface area contributed by atoms with Crippen molar-refractivity contribution in [1.82, 2.24) is 14.7 Å². The van der Waals surface area contributed by atoms with Gasteiger partial charge in [0, 0.05) is 20.3 Å². The molecule has 19 heavy (non-hydrogen) atoms. The molecule has 6 heteroatoms. The van der Waals surface area contributed by atoms with Gasteiger partial charge in [-0.15, -0.1) is 0 Å². The summed E-state index contributed by atoms with van der Waals surface area (Å²) in [4.78, 5) is 13.2. The van der Waals surface area contributed by atoms with Gasteiger partial charge in [0.25, 0.3) is 5.91 Å². The zero-order valence-electron chi connectivity index (χ0n) is 10.5. The number of hydrogen-bond acceptors (Lipinski definition) is 3. The zero-order valence-corrected chi connectivity index (χ0v) is 11.2. The summed E-state index contributed by atoms with van der Waals surface area (Å²) < 4.78 is 1.47. The SMILES string of the molecule is CN(C)C(=O)c1ccn(-c2cccc(Cl)c2C#N)n1. The number of rotatable bonds is 2. The molecule has 1 amide bonds. The van der Waals surface area contributed by atoms with Gasteiger partial charge in [0.2, 0.25) is 0 Å². The van der Waals surface area contributed by atoms with Crippen molar-refractivity contribution in [2.45, 2.75) is 0 Å². The Hall–Kier alpha value is -2.32. The molecule has 0 radical (unpaired) electrons. The Kier molecular flexibility index (Phi) is 3.54. The van der Waals surface area contributed by atoms with E-state index in [1.165, 1.54) is 9.58 Å². The van der Waals surface area contributed by atoms with Crippen LogP contribution in [0.25, 0.3) is 5.69 Å². The van der Waals surface area contributed by atoms with Gasteiger partial charge in [0.05, 0.1) is 16.3 Å². The second kappa shape index (κ2) is 5.12. The van der Waals surface area contributed by atoms with E-state index >= 15 is 0 Å². The maximum atomic E-state index is 11.8. The third-order valence-corrected chi connectivity index (χ3v) is 2.88. The Morgan fingerprint density at radius 3 is 2.79 bits per heavy atom. The second-order valence-corrected chi connectivity index (χ2v) is 4.50. The van der Waals surface area contributed by atoms with Crippen molar-refractivity contribution in [3.63, 3.8) is 0 Å². The third-order valence-electron chi connectivity index (χ3n) is 2.56. The maximum Gasteiger partial charge on any atom is 0.273 e. The Balaban J connectivity index is 2.48. The van der Waals surface area contributed by atoms with E-state index in [1.54, 1.807) is 44.6 Å². The number of carbonyl (C=O) groups is 1. The fourth-order valence-corrected chi connectivity index (χ4v) is 1.83. The molecule has 2 aromatic rings. The molecule has 0 aliphatic carbocycles. The number of hydrogen-bond donors (Lipinski definition) is 0. The van der Waals surface area contributed by atoms with Gasteiger partial charge in [0.1, 0.15) is 6.07 Å². The molecule has 0 unspecified atom stereocenters. The van der Waals surface area contributed by atoms with E-state index in [1.807, 2.05) is 6.07 Å². The molecule has 96 valence electrons. The smallest absolute Gasteiger partial charge is 0.273 e. The monoisotopic (exact) mass is 274 g/mol. The lowest BCUT2D eigenvalue weighted by Crippen LogP contribution is -2.22. The third kappa shape index (κ3) is 2.44. The molecule has 1 aromatic carbocycles. The van der Waals surface area contributed by atoms with Gasteiger partial charge in [-0.2, -0.15) is 10.4 Å². The topological polar surface area (TPSA) is 61.9 Å². The molecule has 0 spiro atoms. The number of aromatic nitrogens is 2. The maximum absolute atomic E-state index is 11.8. The van der Waals surface area contributed by atoms with Crippen LogP contribution in [0.5, 0.6) is 0 Å². The molecular formula is C13H11ClN4O. The van der Waals surface area contributed by atoms with Gasteiger partial charge in [-0.05, 0) is 18.2 Å². The number of nitrogens with zero attached hydrogens (tertiary/aromatic N) is 4. The zero-order chi connectivity index (χ0) is 14.0. The van der Waals surface area contributed by atoms with Crippen LogP contribution in [-0.2, 0) is 0 Å². The summed E-state index contributed by atoms with van der Waals surface area (Å²) in [5, 5.41) is 13.6. The van der Waals surface area contributed by atoms with Crippen LogP contribution in [0, 0.1) is 11.3 Å². The molecule has 0 bridgehead atoms. The number of amides is 1. The molecule has 0 aliphatic heterocycles. The summed E-state index contributed by atoms with van der Waals surface area (Å²) in [7, 11) is 3.31. The Bertz CT molecular complexity index is 670. The lowest BCUT2D eigenvalue weighted by atomic mass is 10.2. The summed E-state index contributed by atoms with van der Waals surface area (Å²) in [6, 6.07) is 8.73. The van der Waals surface area contributed by atoms with Crippen LogP contribution in [0.1, 0.15) is 16.1 Å². The lowest BCUT2D eigenvalue weighted by Gasteiger charge is -2.07. The standard InChI is InChI=1S/C13H11ClN4O/c1-17(2)13(19)11-6-7-18(16-11)12-5-3-4-10(14)9(12)8-15/h3-7H,1-2H3. The quantitative estimate of drug-likeness (QED) is 0.842. The fraction of sp³-hybridized carbons (Fsp3) is 0.154. The number of benzene rings is 1. The van der Waals surface area contributed by atoms with E-state index in [2.05, 4.69) is 5.10 Å². The predicted molar refractivity (Wildman–Crippen MR) is 71.3 cm³/mol. The summed E-state index contributed by atoms with van der Waals surface area (Å²) in [6.45, 7) is 0. The van der Waals surface area contributed by atoms with Crippen LogP contribution >= 0.6 is 11.6 Å². The lowest BCUT2D eigenvalue weighted by molar-refractivity contribution is 0.0821. The van der Waals surface area contributed by atoms with Crippen LogP contribution in [0.4, 0.5) is 0 Å². The highest BCUT2D eigenvalue weighted by atomic mass is 35.5. The molecule has 0 saturated heterocycles. The highest BCUT2D eigenvalue weighted by molar-refractivity contribution is 6.32. The summed E-state index contributed by atoms with van der Waals surface area (Å²) in [5.41, 5.74) is 1.19. The van der Waals surface area contributed by atoms with Crippen molar-refractivity contribution >= 4 is 17.5 Å². The van der Waals surface area contributed by atoms with Crippen molar-refractivity contribution in [2.24, 2.45) is 0 Å². The summed E-state index contributed by atoms with van der Waals surface area (Å²) >= 11 is 5.96. The molecule has 0 N–H and O–H groups in total. The van der Waals surface area contributed by atoms with Crippen molar-refractivity contribution in [3.8, 4) is 11.8 Å². The average molecular weight is 275 g/mol. The molecule has 2 rings (SSSR count). The summed E-state index contributed by atoms with van der Waals surface area (Å²) in [6.07, 6.45) is 1.63. The molecule has 1 heterocycles. The van der Waals surface area contributed by atoms with Gasteiger partial charge >= 0.3 is 0 Å². The number of halogens is 1. The molecular weight excluding hydrogens is 264 g/mol. The van der Waals surface area contributed by atoms with Gasteiger partial charge in [-0.25, -0.2) is 4.68 Å². The van der Waals surface area contributed by atoms with Gasteiger partial charge in [0.15, 0.2) is 5.69 Å². The Labute approximate surface area is 115 Å². The minimum absolute atomic E-state index is 0.195. The first-order valence-corrected chi connectivity index (χ1v) is 5.88. The van der Waals surface area contributed by atoms with Crippen molar-refractivity contribution < 1.29 is 4.79 Å². The van der Waals surface area contributed by atoms with Gasteiger partial charge < -0.3 is 4.90 Å². The minimum Gasteiger partial charge on any atom is -0.343 e. The van der Waals surface area contributed by atoms with Crippen LogP contribution in [0.15, 0.2) is 30.5 Å². The van der Waals surface area contributed by atoms with E-state index in [-0.39, 0.29) is 5.91 Å². The fourth-order valence-electron chi connectivity index (χ4n) is 1.62. The number of nitriles is 1. The molecule has 0 fully saturated rings. The molecule has 0 atom stereocenters. The van der Waals surface area contributed by atoms with E-state index < -0.39 is 0 Å². The van der Waals surface area contributed by atoms with Gasteiger partial charge in [-0.3, -0.25) is 4.79 Å². The molecule has 1 aromatic heterocycles. The van der Waals surface area contributed by atoms with Crippen LogP contribution in [0.2, 0.25) is 5.02 Å². The predicted octanol–water partition coefficient (Wildman–Crippen LogP) is 2.10. The van der Waals surface area contributed by atoms with Crippen LogP contribution < -0.4 is 0 Å². The van der Waals surface area contributed by atoms with E-state index in [4.69, 9.17) is 16.9 Å². The first kappa shape index (κ1) is 13.1. The minimum atomic E-state index is -0.195. The highest BCUT2D eigenvalue weighted by Gasteiger charge is 2.14. The van der Waals surface area contributed by atoms with Crippen LogP contribution in [0.3, 0.4) is 0 Å². The Morgan fingerprint density at radius 1 is 1.42 bits per heavy atom. The Morgan fingerprint density at radius 2 is 2.16 bits per heavy atom. The second-order valence-electron chi connectivity index (χ2n) is 4.09. The first-order valence-electron chi connectivity index (χ1n) is 5.51. The normalized spacial score (nSPS) is 10.0. The first-order chi connectivity index (χ1) is 9.04. The van der Waals surface area contributed by atoms with Crippen molar-refractivity contribution in [3.05, 3.63) is 46.7 Å². The molecule has 0 saturated carbocycles. The van der Waals surface area contributed by atoms with Gasteiger partial charge in [-0.1, -0.05) is 17.7 Å². The van der Waals surface area contributed by atoms with Crippen molar-refractivity contribution in [1.29, 1.82) is 5.26 Å². The summed E-state index contributed by atoms with van der Waals surface area (Å²) in [5.74, 6) is -0.195. The average Bonchev–Trinajstić information content (AvgIpc) is 2.86. The van der Waals surface area contributed by atoms with E-state index in [0.29, 0.717) is 22.0 Å². The van der Waals surface area contributed by atoms with E-state index in [9.17, 15) is 4.79 Å². The highest BCUT2D eigenvalue weighted by Crippen LogP contribution is 2.22. The molecule has 0 aliphatic rings. The van der Waals surface area contributed by atoms with E-state index in [0.717, 1.165) is 0 Å². The largest absolute Gasteiger partial charge is 0.343 e.